The van der Waals surface area contributed by atoms with Crippen molar-refractivity contribution >= 4 is 33.1 Å². The molecule has 0 spiro atoms. The average Bonchev–Trinajstić information content (AvgIpc) is 2.68. The second-order valence-corrected chi connectivity index (χ2v) is 4.46. The molecule has 0 aliphatic carbocycles. The van der Waals surface area contributed by atoms with E-state index < -0.39 is 11.6 Å². The molecule has 16 heavy (non-hydrogen) atoms. The molecule has 0 saturated carbocycles. The molecule has 0 radical (unpaired) electrons. The number of aromatic nitrogens is 2. The van der Waals surface area contributed by atoms with Crippen molar-refractivity contribution in [3.05, 3.63) is 39.3 Å². The first kappa shape index (κ1) is 11.4. The van der Waals surface area contributed by atoms with Crippen LogP contribution in [0, 0.1) is 11.6 Å². The Morgan fingerprint density at radius 3 is 2.81 bits per heavy atom. The van der Waals surface area contributed by atoms with Crippen LogP contribution in [0.5, 0.6) is 0 Å². The Labute approximate surface area is 103 Å². The number of hydrogen-bond donors (Lipinski definition) is 1. The molecule has 0 aliphatic rings. The summed E-state index contributed by atoms with van der Waals surface area (Å²) in [5.74, 6) is -1.26. The van der Waals surface area contributed by atoms with Crippen molar-refractivity contribution in [2.45, 2.75) is 6.54 Å². The normalized spacial score (nSPS) is 10.4. The van der Waals surface area contributed by atoms with E-state index >= 15 is 0 Å². The van der Waals surface area contributed by atoms with Crippen molar-refractivity contribution in [3.63, 3.8) is 0 Å². The maximum absolute atomic E-state index is 13.4. The third-order valence-corrected chi connectivity index (χ3v) is 3.04. The van der Waals surface area contributed by atoms with Crippen LogP contribution in [0.15, 0.2) is 22.0 Å². The molecule has 0 saturated heterocycles. The van der Waals surface area contributed by atoms with Crippen molar-refractivity contribution in [2.75, 3.05) is 5.32 Å². The molecule has 0 amide bonds. The van der Waals surface area contributed by atoms with Crippen LogP contribution in [0.3, 0.4) is 0 Å². The fourth-order valence-corrected chi connectivity index (χ4v) is 2.15. The van der Waals surface area contributed by atoms with Gasteiger partial charge in [-0.05, 0) is 33.5 Å². The fraction of sp³-hybridized carbons (Fsp3) is 0.111. The minimum absolute atomic E-state index is 0.217. The van der Waals surface area contributed by atoms with Crippen molar-refractivity contribution < 1.29 is 8.78 Å². The van der Waals surface area contributed by atoms with Crippen molar-refractivity contribution in [3.8, 4) is 0 Å². The molecular formula is C9H6BrF2N3S. The van der Waals surface area contributed by atoms with E-state index in [2.05, 4.69) is 30.8 Å². The predicted molar refractivity (Wildman–Crippen MR) is 61.3 cm³/mol. The van der Waals surface area contributed by atoms with Crippen LogP contribution in [-0.2, 0) is 6.54 Å². The van der Waals surface area contributed by atoms with Crippen molar-refractivity contribution in [2.24, 2.45) is 0 Å². The lowest BCUT2D eigenvalue weighted by Crippen LogP contribution is -2.03. The molecule has 0 unspecified atom stereocenters. The summed E-state index contributed by atoms with van der Waals surface area (Å²) >= 11 is 4.31. The van der Waals surface area contributed by atoms with Crippen molar-refractivity contribution in [1.82, 2.24) is 9.59 Å². The quantitative estimate of drug-likeness (QED) is 0.946. The zero-order valence-corrected chi connectivity index (χ0v) is 10.3. The molecule has 0 aliphatic heterocycles. The zero-order chi connectivity index (χ0) is 11.5. The fourth-order valence-electron chi connectivity index (χ4n) is 1.15. The summed E-state index contributed by atoms with van der Waals surface area (Å²) < 4.78 is 30.2. The van der Waals surface area contributed by atoms with E-state index in [4.69, 9.17) is 0 Å². The van der Waals surface area contributed by atoms with E-state index in [1.807, 2.05) is 0 Å². The van der Waals surface area contributed by atoms with Crippen LogP contribution < -0.4 is 5.32 Å². The maximum atomic E-state index is 13.4. The van der Waals surface area contributed by atoms with E-state index in [1.165, 1.54) is 17.6 Å². The van der Waals surface area contributed by atoms with Gasteiger partial charge in [0.2, 0.25) is 0 Å². The third kappa shape index (κ3) is 2.53. The Bertz CT molecular complexity index is 466. The number of benzene rings is 1. The summed E-state index contributed by atoms with van der Waals surface area (Å²) in [4.78, 5) is 0. The summed E-state index contributed by atoms with van der Waals surface area (Å²) in [6.07, 6.45) is 0. The summed E-state index contributed by atoms with van der Waals surface area (Å²) in [6.45, 7) is 0.345. The number of anilines is 1. The largest absolute Gasteiger partial charge is 0.376 e. The lowest BCUT2D eigenvalue weighted by Gasteiger charge is -2.08. The second-order valence-electron chi connectivity index (χ2n) is 2.99. The van der Waals surface area contributed by atoms with E-state index in [0.29, 0.717) is 16.7 Å². The van der Waals surface area contributed by atoms with E-state index in [-0.39, 0.29) is 5.69 Å². The van der Waals surface area contributed by atoms with Gasteiger partial charge in [0.15, 0.2) is 0 Å². The summed E-state index contributed by atoms with van der Waals surface area (Å²) in [6, 6.07) is 2.02. The van der Waals surface area contributed by atoms with E-state index in [0.717, 1.165) is 6.07 Å². The van der Waals surface area contributed by atoms with E-state index in [9.17, 15) is 8.78 Å². The van der Waals surface area contributed by atoms with Gasteiger partial charge in [-0.25, -0.2) is 8.78 Å². The van der Waals surface area contributed by atoms with E-state index in [1.54, 1.807) is 5.38 Å². The Balaban J connectivity index is 2.15. The SMILES string of the molecule is Fc1cc(F)c(NCc2csnn2)c(Br)c1. The van der Waals surface area contributed by atoms with Gasteiger partial charge in [-0.1, -0.05) is 4.49 Å². The summed E-state index contributed by atoms with van der Waals surface area (Å²) in [5.41, 5.74) is 0.926. The molecule has 0 atom stereocenters. The first-order valence-electron chi connectivity index (χ1n) is 4.31. The molecule has 2 aromatic rings. The van der Waals surface area contributed by atoms with Crippen LogP contribution in [0.4, 0.5) is 14.5 Å². The summed E-state index contributed by atoms with van der Waals surface area (Å²) in [5, 5.41) is 8.38. The number of nitrogens with zero attached hydrogens (tertiary/aromatic N) is 2. The topological polar surface area (TPSA) is 37.8 Å². The molecule has 0 fully saturated rings. The Morgan fingerprint density at radius 1 is 1.38 bits per heavy atom. The highest BCUT2D eigenvalue weighted by molar-refractivity contribution is 9.10. The third-order valence-electron chi connectivity index (χ3n) is 1.86. The Kier molecular flexibility index (Phi) is 3.45. The molecule has 1 N–H and O–H groups in total. The standard InChI is InChI=1S/C9H6BrF2N3S/c10-7-1-5(11)2-8(12)9(7)13-3-6-4-16-15-14-6/h1-2,4,13H,3H2. The summed E-state index contributed by atoms with van der Waals surface area (Å²) in [7, 11) is 0. The number of nitrogens with one attached hydrogen (secondary N) is 1. The molecule has 3 nitrogen and oxygen atoms in total. The zero-order valence-electron chi connectivity index (χ0n) is 7.88. The molecule has 1 aromatic carbocycles. The van der Waals surface area contributed by atoms with Gasteiger partial charge in [0.25, 0.3) is 0 Å². The van der Waals surface area contributed by atoms with Gasteiger partial charge >= 0.3 is 0 Å². The van der Waals surface area contributed by atoms with Crippen LogP contribution in [0.25, 0.3) is 0 Å². The Morgan fingerprint density at radius 2 is 2.19 bits per heavy atom. The van der Waals surface area contributed by atoms with Gasteiger partial charge in [-0.2, -0.15) is 0 Å². The molecular weight excluding hydrogens is 300 g/mol. The molecule has 84 valence electrons. The van der Waals surface area contributed by atoms with Gasteiger partial charge in [-0.15, -0.1) is 5.10 Å². The highest BCUT2D eigenvalue weighted by Gasteiger charge is 2.09. The first-order chi connectivity index (χ1) is 7.66. The lowest BCUT2D eigenvalue weighted by atomic mass is 10.3. The first-order valence-corrected chi connectivity index (χ1v) is 5.94. The molecule has 1 aromatic heterocycles. The predicted octanol–water partition coefficient (Wildman–Crippen LogP) is 3.19. The number of hydrogen-bond acceptors (Lipinski definition) is 4. The lowest BCUT2D eigenvalue weighted by molar-refractivity contribution is 0.583. The molecule has 7 heteroatoms. The van der Waals surface area contributed by atoms with Crippen LogP contribution in [0.1, 0.15) is 5.69 Å². The molecule has 1 heterocycles. The number of rotatable bonds is 3. The van der Waals surface area contributed by atoms with Gasteiger partial charge in [0, 0.05) is 15.9 Å². The van der Waals surface area contributed by atoms with Crippen LogP contribution in [-0.4, -0.2) is 9.59 Å². The van der Waals surface area contributed by atoms with Crippen molar-refractivity contribution in [1.29, 1.82) is 0 Å². The van der Waals surface area contributed by atoms with Gasteiger partial charge < -0.3 is 5.32 Å². The second kappa shape index (κ2) is 4.84. The van der Waals surface area contributed by atoms with Crippen LogP contribution >= 0.6 is 27.5 Å². The minimum atomic E-state index is -0.643. The van der Waals surface area contributed by atoms with Crippen LogP contribution in [0.2, 0.25) is 0 Å². The van der Waals surface area contributed by atoms with Gasteiger partial charge in [0.05, 0.1) is 17.9 Å². The Hall–Kier alpha value is -1.08. The average molecular weight is 306 g/mol. The minimum Gasteiger partial charge on any atom is -0.376 e. The highest BCUT2D eigenvalue weighted by Crippen LogP contribution is 2.27. The molecule has 2 rings (SSSR count). The maximum Gasteiger partial charge on any atom is 0.150 e. The van der Waals surface area contributed by atoms with Gasteiger partial charge in [-0.3, -0.25) is 0 Å². The monoisotopic (exact) mass is 305 g/mol. The number of halogens is 3. The van der Waals surface area contributed by atoms with Gasteiger partial charge in [0.1, 0.15) is 11.6 Å². The smallest absolute Gasteiger partial charge is 0.150 e. The molecule has 0 bridgehead atoms. The highest BCUT2D eigenvalue weighted by atomic mass is 79.9.